The molecule has 7 heteroatoms. The molecule has 2 aliphatic carbocycles. The number of anilines is 1. The van der Waals surface area contributed by atoms with Crippen molar-refractivity contribution in [2.45, 2.75) is 58.9 Å². The zero-order valence-corrected chi connectivity index (χ0v) is 17.4. The molecule has 29 heavy (non-hydrogen) atoms. The van der Waals surface area contributed by atoms with Crippen molar-refractivity contribution in [2.24, 2.45) is 11.1 Å². The number of halogens is 1. The van der Waals surface area contributed by atoms with Gasteiger partial charge in [0, 0.05) is 25.6 Å². The number of amides is 1. The summed E-state index contributed by atoms with van der Waals surface area (Å²) >= 11 is 0. The number of benzene rings is 1. The summed E-state index contributed by atoms with van der Waals surface area (Å²) in [5, 5.41) is 4.67. The number of fused-ring (bicyclic) bond motifs is 1. The predicted octanol–water partition coefficient (Wildman–Crippen LogP) is 3.43. The van der Waals surface area contributed by atoms with Gasteiger partial charge in [0.25, 0.3) is 5.91 Å². The molecule has 2 N–H and O–H groups in total. The van der Waals surface area contributed by atoms with E-state index >= 15 is 4.39 Å². The molecule has 1 amide bonds. The van der Waals surface area contributed by atoms with Crippen LogP contribution in [0.2, 0.25) is 0 Å². The molecule has 1 fully saturated rings. The lowest BCUT2D eigenvalue weighted by molar-refractivity contribution is 0.0909. The number of carbonyl (C=O) groups excluding carboxylic acids is 2. The first-order valence-electron chi connectivity index (χ1n) is 10.1. The molecule has 1 saturated carbocycles. The molecule has 1 heterocycles. The molecule has 0 radical (unpaired) electrons. The Morgan fingerprint density at radius 2 is 2.03 bits per heavy atom. The van der Waals surface area contributed by atoms with Crippen molar-refractivity contribution >= 4 is 17.4 Å². The molecule has 6 nitrogen and oxygen atoms in total. The molecule has 2 aliphatic rings. The van der Waals surface area contributed by atoms with E-state index in [0.717, 1.165) is 24.2 Å². The summed E-state index contributed by atoms with van der Waals surface area (Å²) in [4.78, 5) is 26.7. The second kappa shape index (κ2) is 6.68. The van der Waals surface area contributed by atoms with E-state index in [2.05, 4.69) is 18.9 Å². The van der Waals surface area contributed by atoms with Crippen LogP contribution in [0.1, 0.15) is 72.1 Å². The third-order valence-electron chi connectivity index (χ3n) is 5.97. The first kappa shape index (κ1) is 19.6. The van der Waals surface area contributed by atoms with Crippen LogP contribution in [0.3, 0.4) is 0 Å². The van der Waals surface area contributed by atoms with Gasteiger partial charge in [-0.2, -0.15) is 5.10 Å². The maximum absolute atomic E-state index is 15.0. The fourth-order valence-corrected chi connectivity index (χ4v) is 4.37. The standard InChI is InChI=1S/C22H27FN4O2/c1-5-15-20-17(10-22(2,3)11-18(20)28)27(25-15)13-8-14(23)19(21(24)29)16(9-13)26(4)12-6-7-12/h8-9,12H,5-7,10-11H2,1-4H3,(H2,24,29). The van der Waals surface area contributed by atoms with Crippen molar-refractivity contribution in [1.29, 1.82) is 0 Å². The number of Topliss-reactive ketones (excluding diaryl/α,β-unsaturated/α-hetero) is 1. The lowest BCUT2D eigenvalue weighted by Gasteiger charge is -2.29. The third kappa shape index (κ3) is 3.32. The van der Waals surface area contributed by atoms with Gasteiger partial charge >= 0.3 is 0 Å². The van der Waals surface area contributed by atoms with Gasteiger partial charge in [0.15, 0.2) is 5.78 Å². The fourth-order valence-electron chi connectivity index (χ4n) is 4.37. The Hall–Kier alpha value is -2.70. The molecule has 154 valence electrons. The van der Waals surface area contributed by atoms with E-state index in [9.17, 15) is 9.59 Å². The first-order chi connectivity index (χ1) is 13.6. The number of hydrogen-bond donors (Lipinski definition) is 1. The predicted molar refractivity (Wildman–Crippen MR) is 109 cm³/mol. The molecule has 4 rings (SSSR count). The highest BCUT2D eigenvalue weighted by Gasteiger charge is 2.37. The van der Waals surface area contributed by atoms with E-state index in [4.69, 9.17) is 5.73 Å². The zero-order valence-electron chi connectivity index (χ0n) is 17.4. The number of aromatic nitrogens is 2. The Balaban J connectivity index is 1.92. The smallest absolute Gasteiger partial charge is 0.253 e. The average Bonchev–Trinajstić information content (AvgIpc) is 3.40. The number of aryl methyl sites for hydroxylation is 1. The van der Waals surface area contributed by atoms with Crippen molar-refractivity contribution < 1.29 is 14.0 Å². The van der Waals surface area contributed by atoms with E-state index in [-0.39, 0.29) is 22.8 Å². The molecule has 0 saturated heterocycles. The summed E-state index contributed by atoms with van der Waals surface area (Å²) in [6.45, 7) is 6.07. The molecular weight excluding hydrogens is 371 g/mol. The van der Waals surface area contributed by atoms with E-state index < -0.39 is 11.7 Å². The summed E-state index contributed by atoms with van der Waals surface area (Å²) in [5.74, 6) is -1.37. The SMILES string of the molecule is CCc1nn(-c2cc(F)c(C(N)=O)c(N(C)C3CC3)c2)c2c1C(=O)CC(C)(C)C2. The van der Waals surface area contributed by atoms with Crippen LogP contribution >= 0.6 is 0 Å². The summed E-state index contributed by atoms with van der Waals surface area (Å²) in [5.41, 5.74) is 8.39. The molecule has 0 unspecified atom stereocenters. The van der Waals surface area contributed by atoms with Gasteiger partial charge in [0.1, 0.15) is 5.82 Å². The van der Waals surface area contributed by atoms with Gasteiger partial charge in [-0.15, -0.1) is 0 Å². The van der Waals surface area contributed by atoms with Gasteiger partial charge in [-0.3, -0.25) is 9.59 Å². The van der Waals surface area contributed by atoms with E-state index in [0.29, 0.717) is 36.2 Å². The van der Waals surface area contributed by atoms with Gasteiger partial charge in [-0.1, -0.05) is 20.8 Å². The van der Waals surface area contributed by atoms with Crippen LogP contribution in [0.25, 0.3) is 5.69 Å². The van der Waals surface area contributed by atoms with Gasteiger partial charge in [0.05, 0.1) is 33.9 Å². The quantitative estimate of drug-likeness (QED) is 0.837. The molecule has 0 spiro atoms. The van der Waals surface area contributed by atoms with Crippen LogP contribution in [0, 0.1) is 11.2 Å². The molecule has 1 aromatic carbocycles. The maximum atomic E-state index is 15.0. The van der Waals surface area contributed by atoms with Gasteiger partial charge < -0.3 is 10.6 Å². The van der Waals surface area contributed by atoms with Crippen LogP contribution in [0.4, 0.5) is 10.1 Å². The molecule has 0 aliphatic heterocycles. The normalized spacial score (nSPS) is 17.9. The number of hydrogen-bond acceptors (Lipinski definition) is 4. The Kier molecular flexibility index (Phi) is 4.52. The number of carbonyl (C=O) groups is 2. The Morgan fingerprint density at radius 3 is 2.62 bits per heavy atom. The molecule has 1 aromatic heterocycles. The lowest BCUT2D eigenvalue weighted by atomic mass is 9.75. The van der Waals surface area contributed by atoms with Gasteiger partial charge in [-0.05, 0) is 37.2 Å². The van der Waals surface area contributed by atoms with Crippen LogP contribution in [-0.4, -0.2) is 34.6 Å². The van der Waals surface area contributed by atoms with Crippen molar-refractivity contribution in [3.8, 4) is 5.69 Å². The highest BCUT2D eigenvalue weighted by Crippen LogP contribution is 2.39. The van der Waals surface area contributed by atoms with Crippen LogP contribution in [0.15, 0.2) is 12.1 Å². The molecule has 0 atom stereocenters. The van der Waals surface area contributed by atoms with Gasteiger partial charge in [-0.25, -0.2) is 9.07 Å². The fraction of sp³-hybridized carbons (Fsp3) is 0.500. The average molecular weight is 398 g/mol. The maximum Gasteiger partial charge on any atom is 0.253 e. The van der Waals surface area contributed by atoms with Crippen LogP contribution in [-0.2, 0) is 12.8 Å². The Morgan fingerprint density at radius 1 is 1.34 bits per heavy atom. The van der Waals surface area contributed by atoms with E-state index in [1.165, 1.54) is 6.07 Å². The van der Waals surface area contributed by atoms with Crippen molar-refractivity contribution in [1.82, 2.24) is 9.78 Å². The highest BCUT2D eigenvalue weighted by atomic mass is 19.1. The number of ketones is 1. The minimum absolute atomic E-state index is 0.0869. The van der Waals surface area contributed by atoms with Crippen LogP contribution in [0.5, 0.6) is 0 Å². The van der Waals surface area contributed by atoms with Gasteiger partial charge in [0.2, 0.25) is 0 Å². The largest absolute Gasteiger partial charge is 0.371 e. The monoisotopic (exact) mass is 398 g/mol. The summed E-state index contributed by atoms with van der Waals surface area (Å²) in [6.07, 6.45) is 3.77. The zero-order chi connectivity index (χ0) is 21.1. The molecule has 2 aromatic rings. The molecular formula is C22H27FN4O2. The van der Waals surface area contributed by atoms with Crippen molar-refractivity contribution in [2.75, 3.05) is 11.9 Å². The summed E-state index contributed by atoms with van der Waals surface area (Å²) in [7, 11) is 1.85. The van der Waals surface area contributed by atoms with Crippen LogP contribution < -0.4 is 10.6 Å². The number of primary amides is 1. The number of nitrogens with zero attached hydrogens (tertiary/aromatic N) is 3. The highest BCUT2D eigenvalue weighted by molar-refractivity contribution is 6.01. The third-order valence-corrected chi connectivity index (χ3v) is 5.97. The van der Waals surface area contributed by atoms with Crippen molar-refractivity contribution in [3.63, 3.8) is 0 Å². The number of rotatable bonds is 5. The van der Waals surface area contributed by atoms with Crippen molar-refractivity contribution in [3.05, 3.63) is 40.5 Å². The lowest BCUT2D eigenvalue weighted by Crippen LogP contribution is -2.28. The minimum atomic E-state index is -0.787. The summed E-state index contributed by atoms with van der Waals surface area (Å²) in [6, 6.07) is 3.34. The molecule has 0 bridgehead atoms. The Bertz CT molecular complexity index is 1020. The second-order valence-electron chi connectivity index (χ2n) is 9.00. The van der Waals surface area contributed by atoms with E-state index in [1.807, 2.05) is 18.9 Å². The minimum Gasteiger partial charge on any atom is -0.371 e. The topological polar surface area (TPSA) is 81.2 Å². The summed E-state index contributed by atoms with van der Waals surface area (Å²) < 4.78 is 16.7. The number of nitrogens with two attached hydrogens (primary N) is 1. The first-order valence-corrected chi connectivity index (χ1v) is 10.1. The Labute approximate surface area is 169 Å². The van der Waals surface area contributed by atoms with E-state index in [1.54, 1.807) is 10.7 Å². The second-order valence-corrected chi connectivity index (χ2v) is 9.00.